The monoisotopic (exact) mass is 266 g/mol. The highest BCUT2D eigenvalue weighted by molar-refractivity contribution is 5.78. The number of halogens is 3. The van der Waals surface area contributed by atoms with Gasteiger partial charge in [0.15, 0.2) is 6.29 Å². The van der Waals surface area contributed by atoms with Crippen LogP contribution < -0.4 is 4.74 Å². The zero-order valence-corrected chi connectivity index (χ0v) is 9.65. The first-order valence-electron chi connectivity index (χ1n) is 5.40. The predicted molar refractivity (Wildman–Crippen MR) is 63.3 cm³/mol. The Hall–Kier alpha value is -2.30. The lowest BCUT2D eigenvalue weighted by Crippen LogP contribution is -2.09. The molecule has 2 aromatic carbocycles. The molecular weight excluding hydrogens is 257 g/mol. The third kappa shape index (κ3) is 3.13. The minimum atomic E-state index is -4.59. The van der Waals surface area contributed by atoms with E-state index in [9.17, 15) is 18.0 Å². The molecule has 0 N–H and O–H groups in total. The first-order valence-corrected chi connectivity index (χ1v) is 5.40. The van der Waals surface area contributed by atoms with Crippen LogP contribution in [0.1, 0.15) is 15.9 Å². The maximum Gasteiger partial charge on any atom is 0.417 e. The van der Waals surface area contributed by atoms with E-state index in [1.54, 1.807) is 30.3 Å². The molecule has 0 aliphatic carbocycles. The number of ether oxygens (including phenoxy) is 1. The number of aldehydes is 1. The van der Waals surface area contributed by atoms with Gasteiger partial charge in [-0.1, -0.05) is 18.2 Å². The van der Waals surface area contributed by atoms with Gasteiger partial charge in [0.1, 0.15) is 11.5 Å². The minimum Gasteiger partial charge on any atom is -0.457 e. The molecule has 5 heteroatoms. The molecular formula is C14H9F3O2. The molecule has 0 aromatic heterocycles. The van der Waals surface area contributed by atoms with Gasteiger partial charge in [0.2, 0.25) is 0 Å². The third-order valence-corrected chi connectivity index (χ3v) is 2.44. The summed E-state index contributed by atoms with van der Waals surface area (Å²) in [6.07, 6.45) is -4.42. The number of para-hydroxylation sites is 1. The van der Waals surface area contributed by atoms with Crippen molar-refractivity contribution in [2.24, 2.45) is 0 Å². The largest absolute Gasteiger partial charge is 0.457 e. The van der Waals surface area contributed by atoms with Crippen molar-refractivity contribution in [3.63, 3.8) is 0 Å². The SMILES string of the molecule is O=Cc1ccc(Oc2ccccc2)cc1C(F)(F)F. The van der Waals surface area contributed by atoms with E-state index in [4.69, 9.17) is 4.74 Å². The quantitative estimate of drug-likeness (QED) is 0.774. The summed E-state index contributed by atoms with van der Waals surface area (Å²) in [6, 6.07) is 11.7. The van der Waals surface area contributed by atoms with E-state index < -0.39 is 17.3 Å². The predicted octanol–water partition coefficient (Wildman–Crippen LogP) is 4.31. The van der Waals surface area contributed by atoms with E-state index in [0.717, 1.165) is 12.1 Å². The van der Waals surface area contributed by atoms with Crippen LogP contribution in [-0.2, 0) is 6.18 Å². The van der Waals surface area contributed by atoms with Crippen LogP contribution in [0.25, 0.3) is 0 Å². The van der Waals surface area contributed by atoms with E-state index in [-0.39, 0.29) is 12.0 Å². The van der Waals surface area contributed by atoms with E-state index in [1.807, 2.05) is 0 Å². The lowest BCUT2D eigenvalue weighted by atomic mass is 10.1. The second-order valence-electron chi connectivity index (χ2n) is 3.78. The lowest BCUT2D eigenvalue weighted by molar-refractivity contribution is -0.137. The molecule has 0 spiro atoms. The van der Waals surface area contributed by atoms with Gasteiger partial charge in [-0.25, -0.2) is 0 Å². The molecule has 0 aliphatic rings. The van der Waals surface area contributed by atoms with Crippen molar-refractivity contribution >= 4 is 6.29 Å². The average Bonchev–Trinajstić information content (AvgIpc) is 2.39. The molecule has 2 nitrogen and oxygen atoms in total. The Morgan fingerprint density at radius 2 is 1.63 bits per heavy atom. The van der Waals surface area contributed by atoms with Crippen molar-refractivity contribution in [1.29, 1.82) is 0 Å². The summed E-state index contributed by atoms with van der Waals surface area (Å²) in [5.74, 6) is 0.457. The van der Waals surface area contributed by atoms with Crippen LogP contribution in [-0.4, -0.2) is 6.29 Å². The van der Waals surface area contributed by atoms with Crippen molar-refractivity contribution in [2.75, 3.05) is 0 Å². The molecule has 0 bridgehead atoms. The number of alkyl halides is 3. The molecule has 0 heterocycles. The molecule has 2 aromatic rings. The Balaban J connectivity index is 2.36. The van der Waals surface area contributed by atoms with Gasteiger partial charge < -0.3 is 4.74 Å². The maximum absolute atomic E-state index is 12.7. The van der Waals surface area contributed by atoms with E-state index in [2.05, 4.69) is 0 Å². The molecule has 0 saturated carbocycles. The van der Waals surface area contributed by atoms with Crippen LogP contribution in [0.5, 0.6) is 11.5 Å². The minimum absolute atomic E-state index is 0.0316. The van der Waals surface area contributed by atoms with Crippen LogP contribution in [0.15, 0.2) is 48.5 Å². The Kier molecular flexibility index (Phi) is 3.55. The summed E-state index contributed by atoms with van der Waals surface area (Å²) in [6.45, 7) is 0. The highest BCUT2D eigenvalue weighted by Gasteiger charge is 2.33. The van der Waals surface area contributed by atoms with Crippen LogP contribution in [0.4, 0.5) is 13.2 Å². The van der Waals surface area contributed by atoms with Gasteiger partial charge in [0.25, 0.3) is 0 Å². The zero-order chi connectivity index (χ0) is 13.9. The molecule has 0 amide bonds. The molecule has 0 aliphatic heterocycles. The van der Waals surface area contributed by atoms with E-state index in [1.165, 1.54) is 6.07 Å². The molecule has 98 valence electrons. The fraction of sp³-hybridized carbons (Fsp3) is 0.0714. The fourth-order valence-corrected chi connectivity index (χ4v) is 1.57. The summed E-state index contributed by atoms with van der Waals surface area (Å²) in [7, 11) is 0. The van der Waals surface area contributed by atoms with Gasteiger partial charge in [0, 0.05) is 5.56 Å². The van der Waals surface area contributed by atoms with Gasteiger partial charge >= 0.3 is 6.18 Å². The lowest BCUT2D eigenvalue weighted by Gasteiger charge is -2.12. The summed E-state index contributed by atoms with van der Waals surface area (Å²) in [5, 5.41) is 0. The van der Waals surface area contributed by atoms with Crippen molar-refractivity contribution < 1.29 is 22.7 Å². The first kappa shape index (κ1) is 13.1. The standard InChI is InChI=1S/C14H9F3O2/c15-14(16,17)13-8-12(7-6-10(13)9-18)19-11-4-2-1-3-5-11/h1-9H. The summed E-state index contributed by atoms with van der Waals surface area (Å²) >= 11 is 0. The van der Waals surface area contributed by atoms with E-state index in [0.29, 0.717) is 5.75 Å². The smallest absolute Gasteiger partial charge is 0.417 e. The Bertz CT molecular complexity index is 577. The summed E-state index contributed by atoms with van der Waals surface area (Å²) in [5.41, 5.74) is -1.41. The van der Waals surface area contributed by atoms with Crippen molar-refractivity contribution in [3.05, 3.63) is 59.7 Å². The molecule has 0 unspecified atom stereocenters. The van der Waals surface area contributed by atoms with Gasteiger partial charge in [-0.3, -0.25) is 4.79 Å². The topological polar surface area (TPSA) is 26.3 Å². The van der Waals surface area contributed by atoms with Crippen molar-refractivity contribution in [1.82, 2.24) is 0 Å². The molecule has 2 rings (SSSR count). The molecule has 0 atom stereocenters. The Morgan fingerprint density at radius 1 is 0.947 bits per heavy atom. The molecule has 0 fully saturated rings. The van der Waals surface area contributed by atoms with Crippen LogP contribution >= 0.6 is 0 Å². The molecule has 19 heavy (non-hydrogen) atoms. The maximum atomic E-state index is 12.7. The summed E-state index contributed by atoms with van der Waals surface area (Å²) in [4.78, 5) is 10.6. The van der Waals surface area contributed by atoms with Gasteiger partial charge in [-0.15, -0.1) is 0 Å². The van der Waals surface area contributed by atoms with Gasteiger partial charge in [-0.2, -0.15) is 13.2 Å². The van der Waals surface area contributed by atoms with E-state index >= 15 is 0 Å². The first-order chi connectivity index (χ1) is 9.00. The van der Waals surface area contributed by atoms with Gasteiger partial charge in [0.05, 0.1) is 5.56 Å². The fourth-order valence-electron chi connectivity index (χ4n) is 1.57. The van der Waals surface area contributed by atoms with Crippen LogP contribution in [0.3, 0.4) is 0 Å². The van der Waals surface area contributed by atoms with Crippen molar-refractivity contribution in [3.8, 4) is 11.5 Å². The highest BCUT2D eigenvalue weighted by atomic mass is 19.4. The highest BCUT2D eigenvalue weighted by Crippen LogP contribution is 2.34. The number of benzene rings is 2. The normalized spacial score (nSPS) is 11.1. The third-order valence-electron chi connectivity index (χ3n) is 2.44. The number of hydrogen-bond acceptors (Lipinski definition) is 2. The number of carbonyl (C=O) groups excluding carboxylic acids is 1. The van der Waals surface area contributed by atoms with Gasteiger partial charge in [-0.05, 0) is 30.3 Å². The van der Waals surface area contributed by atoms with Crippen LogP contribution in [0.2, 0.25) is 0 Å². The number of rotatable bonds is 3. The zero-order valence-electron chi connectivity index (χ0n) is 9.65. The average molecular weight is 266 g/mol. The van der Waals surface area contributed by atoms with Crippen molar-refractivity contribution in [2.45, 2.75) is 6.18 Å². The number of carbonyl (C=O) groups is 1. The molecule has 0 saturated heterocycles. The summed E-state index contributed by atoms with van der Waals surface area (Å²) < 4.78 is 43.5. The second kappa shape index (κ2) is 5.14. The molecule has 0 radical (unpaired) electrons. The number of hydrogen-bond donors (Lipinski definition) is 0. The van der Waals surface area contributed by atoms with Crippen LogP contribution in [0, 0.1) is 0 Å². The second-order valence-corrected chi connectivity index (χ2v) is 3.78. The Labute approximate surface area is 107 Å². The Morgan fingerprint density at radius 3 is 2.21 bits per heavy atom.